The molecule has 2 aromatic heterocycles. The van der Waals surface area contributed by atoms with Gasteiger partial charge in [-0.3, -0.25) is 9.48 Å². The van der Waals surface area contributed by atoms with E-state index in [1.807, 2.05) is 0 Å². The minimum atomic E-state index is -1.08. The van der Waals surface area contributed by atoms with Crippen LogP contribution in [-0.2, 0) is 7.05 Å². The van der Waals surface area contributed by atoms with Gasteiger partial charge in [0, 0.05) is 12.4 Å². The number of carboxylic acid groups (broad SMARTS) is 1. The number of aromatic nitrogens is 3. The van der Waals surface area contributed by atoms with Crippen LogP contribution in [0.1, 0.15) is 44.6 Å². The van der Waals surface area contributed by atoms with Crippen molar-refractivity contribution in [1.82, 2.24) is 20.1 Å². The van der Waals surface area contributed by atoms with E-state index in [0.717, 1.165) is 5.69 Å². The van der Waals surface area contributed by atoms with Gasteiger partial charge in [-0.05, 0) is 19.9 Å². The van der Waals surface area contributed by atoms with E-state index in [-0.39, 0.29) is 17.6 Å². The summed E-state index contributed by atoms with van der Waals surface area (Å²) in [6.45, 7) is 3.56. The Morgan fingerprint density at radius 1 is 1.50 bits per heavy atom. The third-order valence-electron chi connectivity index (χ3n) is 2.69. The zero-order valence-electron chi connectivity index (χ0n) is 11.2. The highest BCUT2D eigenvalue weighted by atomic mass is 32.1. The molecule has 2 N–H and O–H groups in total. The number of amides is 1. The first-order chi connectivity index (χ1) is 9.38. The fourth-order valence-corrected chi connectivity index (χ4v) is 2.54. The van der Waals surface area contributed by atoms with Crippen LogP contribution in [-0.4, -0.2) is 31.7 Å². The van der Waals surface area contributed by atoms with Gasteiger partial charge in [0.15, 0.2) is 5.69 Å². The number of nitrogens with zero attached hydrogens (tertiary/aromatic N) is 3. The van der Waals surface area contributed by atoms with Crippen molar-refractivity contribution in [3.05, 3.63) is 33.5 Å². The van der Waals surface area contributed by atoms with Crippen molar-refractivity contribution in [1.29, 1.82) is 0 Å². The van der Waals surface area contributed by atoms with Gasteiger partial charge in [0.25, 0.3) is 5.91 Å². The van der Waals surface area contributed by atoms with E-state index in [1.165, 1.54) is 21.4 Å². The lowest BCUT2D eigenvalue weighted by atomic mass is 10.3. The number of carbonyl (C=O) groups is 2. The summed E-state index contributed by atoms with van der Waals surface area (Å²) < 4.78 is 1.50. The number of aromatic carboxylic acids is 1. The summed E-state index contributed by atoms with van der Waals surface area (Å²) in [6.07, 6.45) is 0. The molecule has 0 radical (unpaired) electrons. The molecule has 2 heterocycles. The van der Waals surface area contributed by atoms with E-state index in [2.05, 4.69) is 15.4 Å². The Labute approximate surface area is 119 Å². The minimum Gasteiger partial charge on any atom is -0.476 e. The summed E-state index contributed by atoms with van der Waals surface area (Å²) >= 11 is 1.20. The number of carbonyl (C=O) groups excluding carboxylic acids is 1. The van der Waals surface area contributed by atoms with Gasteiger partial charge >= 0.3 is 5.97 Å². The Bertz CT molecular complexity index is 661. The molecule has 0 bridgehead atoms. The average Bonchev–Trinajstić information content (AvgIpc) is 2.95. The molecule has 20 heavy (non-hydrogen) atoms. The zero-order valence-corrected chi connectivity index (χ0v) is 12.1. The molecule has 1 atom stereocenters. The van der Waals surface area contributed by atoms with E-state index in [9.17, 15) is 9.59 Å². The van der Waals surface area contributed by atoms with Crippen LogP contribution in [0.3, 0.4) is 0 Å². The number of thiazole rings is 1. The maximum atomic E-state index is 12.1. The maximum absolute atomic E-state index is 12.1. The first-order valence-corrected chi connectivity index (χ1v) is 6.76. The third-order valence-corrected chi connectivity index (χ3v) is 3.72. The number of nitrogens with one attached hydrogen (secondary N) is 1. The molecule has 0 saturated carbocycles. The molecule has 106 valence electrons. The Kier molecular flexibility index (Phi) is 3.84. The molecule has 0 fully saturated rings. The molecule has 7 nitrogen and oxygen atoms in total. The lowest BCUT2D eigenvalue weighted by Crippen LogP contribution is -2.28. The Hall–Kier alpha value is -2.22. The van der Waals surface area contributed by atoms with Gasteiger partial charge in [-0.1, -0.05) is 0 Å². The molecule has 1 unspecified atom stereocenters. The second-order valence-corrected chi connectivity index (χ2v) is 5.26. The molecule has 0 saturated heterocycles. The zero-order chi connectivity index (χ0) is 14.9. The van der Waals surface area contributed by atoms with Crippen LogP contribution >= 0.6 is 11.3 Å². The summed E-state index contributed by atoms with van der Waals surface area (Å²) in [7, 11) is 1.69. The monoisotopic (exact) mass is 294 g/mol. The summed E-state index contributed by atoms with van der Waals surface area (Å²) in [5, 5.41) is 17.7. The number of rotatable bonds is 4. The molecular weight excluding hydrogens is 280 g/mol. The van der Waals surface area contributed by atoms with E-state index in [0.29, 0.717) is 10.7 Å². The normalized spacial score (nSPS) is 12.2. The van der Waals surface area contributed by atoms with Gasteiger partial charge in [-0.25, -0.2) is 9.78 Å². The van der Waals surface area contributed by atoms with Crippen LogP contribution in [0.4, 0.5) is 0 Å². The summed E-state index contributed by atoms with van der Waals surface area (Å²) in [5.74, 6) is -1.35. The molecule has 0 aromatic carbocycles. The van der Waals surface area contributed by atoms with Gasteiger partial charge in [0.2, 0.25) is 0 Å². The third kappa shape index (κ3) is 2.85. The highest BCUT2D eigenvalue weighted by Crippen LogP contribution is 2.18. The van der Waals surface area contributed by atoms with Crippen molar-refractivity contribution in [2.24, 2.45) is 7.05 Å². The number of hydrogen-bond donors (Lipinski definition) is 2. The van der Waals surface area contributed by atoms with E-state index in [4.69, 9.17) is 5.11 Å². The first kappa shape index (κ1) is 14.2. The van der Waals surface area contributed by atoms with E-state index in [1.54, 1.807) is 27.0 Å². The number of carboxylic acids is 1. The summed E-state index contributed by atoms with van der Waals surface area (Å²) in [5.41, 5.74) is 1.19. The van der Waals surface area contributed by atoms with Gasteiger partial charge < -0.3 is 10.4 Å². The van der Waals surface area contributed by atoms with Crippen molar-refractivity contribution in [3.63, 3.8) is 0 Å². The maximum Gasteiger partial charge on any atom is 0.355 e. The van der Waals surface area contributed by atoms with Crippen molar-refractivity contribution in [2.45, 2.75) is 19.9 Å². The predicted molar refractivity (Wildman–Crippen MR) is 72.9 cm³/mol. The number of aryl methyl sites for hydroxylation is 2. The van der Waals surface area contributed by atoms with Gasteiger partial charge in [-0.2, -0.15) is 5.10 Å². The Morgan fingerprint density at radius 3 is 2.70 bits per heavy atom. The largest absolute Gasteiger partial charge is 0.476 e. The molecular formula is C12H14N4O3S. The minimum absolute atomic E-state index is 0.0116. The topological polar surface area (TPSA) is 97.1 Å². The smallest absolute Gasteiger partial charge is 0.355 e. The van der Waals surface area contributed by atoms with Crippen LogP contribution < -0.4 is 5.32 Å². The lowest BCUT2D eigenvalue weighted by molar-refractivity contribution is 0.0691. The fraction of sp³-hybridized carbons (Fsp3) is 0.333. The van der Waals surface area contributed by atoms with Crippen molar-refractivity contribution in [3.8, 4) is 0 Å². The SMILES string of the molecule is Cc1cc(C(=O)NC(C)c2nc(C(=O)O)cs2)n(C)n1. The first-order valence-electron chi connectivity index (χ1n) is 5.88. The fourth-order valence-electron chi connectivity index (χ4n) is 1.74. The quantitative estimate of drug-likeness (QED) is 0.887. The molecule has 2 aromatic rings. The van der Waals surface area contributed by atoms with Crippen molar-refractivity contribution >= 4 is 23.2 Å². The second-order valence-electron chi connectivity index (χ2n) is 4.37. The summed E-state index contributed by atoms with van der Waals surface area (Å²) in [4.78, 5) is 26.8. The molecule has 0 spiro atoms. The van der Waals surface area contributed by atoms with Crippen molar-refractivity contribution < 1.29 is 14.7 Å². The van der Waals surface area contributed by atoms with Crippen molar-refractivity contribution in [2.75, 3.05) is 0 Å². The Balaban J connectivity index is 2.10. The van der Waals surface area contributed by atoms with Gasteiger partial charge in [0.1, 0.15) is 10.7 Å². The molecule has 0 aliphatic rings. The highest BCUT2D eigenvalue weighted by molar-refractivity contribution is 7.09. The average molecular weight is 294 g/mol. The molecule has 0 aliphatic heterocycles. The van der Waals surface area contributed by atoms with E-state index >= 15 is 0 Å². The van der Waals surface area contributed by atoms with Gasteiger partial charge in [0.05, 0.1) is 11.7 Å². The van der Waals surface area contributed by atoms with Crippen LogP contribution in [0.25, 0.3) is 0 Å². The standard InChI is InChI=1S/C12H14N4O3S/c1-6-4-9(16(3)15-6)10(17)13-7(2)11-14-8(5-20-11)12(18)19/h4-5,7H,1-3H3,(H,13,17)(H,18,19). The molecule has 8 heteroatoms. The second kappa shape index (κ2) is 5.41. The highest BCUT2D eigenvalue weighted by Gasteiger charge is 2.18. The number of hydrogen-bond acceptors (Lipinski definition) is 5. The van der Waals surface area contributed by atoms with Crippen LogP contribution in [0.5, 0.6) is 0 Å². The van der Waals surface area contributed by atoms with E-state index < -0.39 is 5.97 Å². The Morgan fingerprint density at radius 2 is 2.20 bits per heavy atom. The van der Waals surface area contributed by atoms with Crippen LogP contribution in [0, 0.1) is 6.92 Å². The predicted octanol–water partition coefficient (Wildman–Crippen LogP) is 1.37. The molecule has 0 aliphatic carbocycles. The molecule has 1 amide bonds. The summed E-state index contributed by atoms with van der Waals surface area (Å²) in [6, 6.07) is 1.32. The van der Waals surface area contributed by atoms with Gasteiger partial charge in [-0.15, -0.1) is 11.3 Å². The lowest BCUT2D eigenvalue weighted by Gasteiger charge is -2.10. The molecule has 2 rings (SSSR count). The van der Waals surface area contributed by atoms with Crippen LogP contribution in [0.15, 0.2) is 11.4 Å². The van der Waals surface area contributed by atoms with Crippen LogP contribution in [0.2, 0.25) is 0 Å².